The average Bonchev–Trinajstić information content (AvgIpc) is 2.86. The molecule has 2 nitrogen and oxygen atoms in total. The van der Waals surface area contributed by atoms with Crippen LogP contribution in [0.2, 0.25) is 0 Å². The van der Waals surface area contributed by atoms with E-state index in [4.69, 9.17) is 0 Å². The summed E-state index contributed by atoms with van der Waals surface area (Å²) in [6.45, 7) is 7.45. The third-order valence-electron chi connectivity index (χ3n) is 4.12. The van der Waals surface area contributed by atoms with Crippen LogP contribution >= 0.6 is 0 Å². The fourth-order valence-corrected chi connectivity index (χ4v) is 2.81. The summed E-state index contributed by atoms with van der Waals surface area (Å²) in [4.78, 5) is 2.36. The van der Waals surface area contributed by atoms with Crippen molar-refractivity contribution in [3.8, 4) is 0 Å². The second-order valence-electron chi connectivity index (χ2n) is 5.21. The number of fused-ring (bicyclic) bond motifs is 1. The molecular formula is C16H25NO. The molecule has 1 aromatic rings. The number of rotatable bonds is 6. The van der Waals surface area contributed by atoms with Crippen LogP contribution in [0.25, 0.3) is 0 Å². The van der Waals surface area contributed by atoms with E-state index in [1.165, 1.54) is 30.4 Å². The lowest BCUT2D eigenvalue weighted by molar-refractivity contribution is 0.145. The Kier molecular flexibility index (Phi) is 4.79. The molecule has 0 saturated carbocycles. The van der Waals surface area contributed by atoms with E-state index in [9.17, 15) is 5.11 Å². The molecule has 1 unspecified atom stereocenters. The third-order valence-corrected chi connectivity index (χ3v) is 4.12. The first-order valence-electron chi connectivity index (χ1n) is 7.26. The van der Waals surface area contributed by atoms with Crippen molar-refractivity contribution in [1.29, 1.82) is 0 Å². The second kappa shape index (κ2) is 6.35. The standard InChI is InChI=1S/C16H25NO/c1-3-17(4-2)11-10-16(18)15-9-8-13-6-5-7-14(13)12-15/h8-9,12,16,18H,3-7,10-11H2,1-2H3. The largest absolute Gasteiger partial charge is 0.388 e. The maximum atomic E-state index is 10.3. The molecule has 100 valence electrons. The zero-order valence-corrected chi connectivity index (χ0v) is 11.7. The van der Waals surface area contributed by atoms with E-state index in [-0.39, 0.29) is 6.10 Å². The lowest BCUT2D eigenvalue weighted by Crippen LogP contribution is -2.25. The van der Waals surface area contributed by atoms with Gasteiger partial charge in [-0.3, -0.25) is 0 Å². The molecule has 0 saturated heterocycles. The SMILES string of the molecule is CCN(CC)CCC(O)c1ccc2c(c1)CCC2. The Hall–Kier alpha value is -0.860. The number of nitrogens with zero attached hydrogens (tertiary/aromatic N) is 1. The zero-order valence-electron chi connectivity index (χ0n) is 11.7. The van der Waals surface area contributed by atoms with Crippen LogP contribution in [0.3, 0.4) is 0 Å². The van der Waals surface area contributed by atoms with Gasteiger partial charge in [0.2, 0.25) is 0 Å². The van der Waals surface area contributed by atoms with Gasteiger partial charge in [-0.25, -0.2) is 0 Å². The van der Waals surface area contributed by atoms with Crippen LogP contribution in [0.15, 0.2) is 18.2 Å². The molecule has 0 amide bonds. The van der Waals surface area contributed by atoms with Gasteiger partial charge >= 0.3 is 0 Å². The molecule has 1 atom stereocenters. The summed E-state index contributed by atoms with van der Waals surface area (Å²) in [5.74, 6) is 0. The molecule has 0 radical (unpaired) electrons. The van der Waals surface area contributed by atoms with E-state index >= 15 is 0 Å². The summed E-state index contributed by atoms with van der Waals surface area (Å²) in [5.41, 5.74) is 4.03. The molecule has 0 heterocycles. The number of hydrogen-bond acceptors (Lipinski definition) is 2. The highest BCUT2D eigenvalue weighted by molar-refractivity contribution is 5.36. The normalized spacial score (nSPS) is 16.0. The van der Waals surface area contributed by atoms with Crippen LogP contribution in [-0.4, -0.2) is 29.6 Å². The second-order valence-corrected chi connectivity index (χ2v) is 5.21. The first kappa shape index (κ1) is 13.6. The lowest BCUT2D eigenvalue weighted by atomic mass is 10.0. The van der Waals surface area contributed by atoms with Gasteiger partial charge in [-0.2, -0.15) is 0 Å². The minimum absolute atomic E-state index is 0.309. The van der Waals surface area contributed by atoms with Crippen molar-refractivity contribution in [2.75, 3.05) is 19.6 Å². The molecule has 1 aliphatic carbocycles. The van der Waals surface area contributed by atoms with E-state index in [1.54, 1.807) is 0 Å². The number of aryl methyl sites for hydroxylation is 2. The van der Waals surface area contributed by atoms with Gasteiger partial charge in [0.15, 0.2) is 0 Å². The highest BCUT2D eigenvalue weighted by atomic mass is 16.3. The van der Waals surface area contributed by atoms with Gasteiger partial charge in [-0.15, -0.1) is 0 Å². The van der Waals surface area contributed by atoms with Crippen LogP contribution in [0.1, 0.15) is 49.5 Å². The van der Waals surface area contributed by atoms with Crippen molar-refractivity contribution in [1.82, 2.24) is 4.90 Å². The minimum atomic E-state index is -0.309. The first-order valence-corrected chi connectivity index (χ1v) is 7.26. The monoisotopic (exact) mass is 247 g/mol. The quantitative estimate of drug-likeness (QED) is 0.835. The van der Waals surface area contributed by atoms with Crippen molar-refractivity contribution in [3.05, 3.63) is 34.9 Å². The third kappa shape index (κ3) is 3.12. The smallest absolute Gasteiger partial charge is 0.0802 e. The molecule has 2 heteroatoms. The van der Waals surface area contributed by atoms with Crippen molar-refractivity contribution in [2.24, 2.45) is 0 Å². The summed E-state index contributed by atoms with van der Waals surface area (Å²) in [6.07, 6.45) is 4.20. The summed E-state index contributed by atoms with van der Waals surface area (Å²) < 4.78 is 0. The van der Waals surface area contributed by atoms with Gasteiger partial charge in [0.25, 0.3) is 0 Å². The van der Waals surface area contributed by atoms with Crippen molar-refractivity contribution in [3.63, 3.8) is 0 Å². The van der Waals surface area contributed by atoms with Gasteiger partial charge in [-0.1, -0.05) is 32.0 Å². The van der Waals surface area contributed by atoms with Crippen LogP contribution in [0, 0.1) is 0 Å². The molecule has 0 bridgehead atoms. The van der Waals surface area contributed by atoms with Crippen molar-refractivity contribution >= 4 is 0 Å². The fourth-order valence-electron chi connectivity index (χ4n) is 2.81. The Balaban J connectivity index is 1.94. The molecule has 18 heavy (non-hydrogen) atoms. The van der Waals surface area contributed by atoms with Crippen molar-refractivity contribution < 1.29 is 5.11 Å². The number of benzene rings is 1. The summed E-state index contributed by atoms with van der Waals surface area (Å²) in [7, 11) is 0. The van der Waals surface area contributed by atoms with E-state index in [1.807, 2.05) is 0 Å². The predicted octanol–water partition coefficient (Wildman–Crippen LogP) is 2.94. The topological polar surface area (TPSA) is 23.5 Å². The molecular weight excluding hydrogens is 222 g/mol. The Morgan fingerprint density at radius 2 is 1.89 bits per heavy atom. The molecule has 1 N–H and O–H groups in total. The van der Waals surface area contributed by atoms with Gasteiger partial charge < -0.3 is 10.0 Å². The molecule has 0 spiro atoms. The minimum Gasteiger partial charge on any atom is -0.388 e. The fraction of sp³-hybridized carbons (Fsp3) is 0.625. The zero-order chi connectivity index (χ0) is 13.0. The Bertz CT molecular complexity index is 385. The molecule has 0 aromatic heterocycles. The molecule has 1 aromatic carbocycles. The first-order chi connectivity index (χ1) is 8.74. The van der Waals surface area contributed by atoms with E-state index in [0.29, 0.717) is 0 Å². The van der Waals surface area contributed by atoms with Crippen LogP contribution in [-0.2, 0) is 12.8 Å². The Labute approximate surface area is 111 Å². The molecule has 0 fully saturated rings. The molecule has 2 rings (SSSR count). The maximum Gasteiger partial charge on any atom is 0.0802 e. The number of aliphatic hydroxyl groups is 1. The van der Waals surface area contributed by atoms with E-state index in [2.05, 4.69) is 36.9 Å². The lowest BCUT2D eigenvalue weighted by Gasteiger charge is -2.20. The summed E-state index contributed by atoms with van der Waals surface area (Å²) in [5, 5.41) is 10.3. The molecule has 0 aliphatic heterocycles. The van der Waals surface area contributed by atoms with Crippen LogP contribution in [0.5, 0.6) is 0 Å². The van der Waals surface area contributed by atoms with Gasteiger partial charge in [0.1, 0.15) is 0 Å². The number of hydrogen-bond donors (Lipinski definition) is 1. The van der Waals surface area contributed by atoms with E-state index in [0.717, 1.165) is 31.6 Å². The van der Waals surface area contributed by atoms with Crippen LogP contribution < -0.4 is 0 Å². The average molecular weight is 247 g/mol. The Morgan fingerprint density at radius 3 is 2.61 bits per heavy atom. The predicted molar refractivity (Wildman–Crippen MR) is 75.8 cm³/mol. The summed E-state index contributed by atoms with van der Waals surface area (Å²) >= 11 is 0. The summed E-state index contributed by atoms with van der Waals surface area (Å²) in [6, 6.07) is 6.53. The van der Waals surface area contributed by atoms with Crippen molar-refractivity contribution in [2.45, 2.75) is 45.6 Å². The highest BCUT2D eigenvalue weighted by Crippen LogP contribution is 2.26. The van der Waals surface area contributed by atoms with Gasteiger partial charge in [0, 0.05) is 6.54 Å². The number of aliphatic hydroxyl groups excluding tert-OH is 1. The van der Waals surface area contributed by atoms with Gasteiger partial charge in [0.05, 0.1) is 6.10 Å². The Morgan fingerprint density at radius 1 is 1.17 bits per heavy atom. The molecule has 1 aliphatic rings. The highest BCUT2D eigenvalue weighted by Gasteiger charge is 2.14. The van der Waals surface area contributed by atoms with E-state index < -0.39 is 0 Å². The maximum absolute atomic E-state index is 10.3. The van der Waals surface area contributed by atoms with Crippen LogP contribution in [0.4, 0.5) is 0 Å². The van der Waals surface area contributed by atoms with Gasteiger partial charge in [-0.05, 0) is 55.5 Å².